The highest BCUT2D eigenvalue weighted by molar-refractivity contribution is 5.81. The Morgan fingerprint density at radius 3 is 3.00 bits per heavy atom. The lowest BCUT2D eigenvalue weighted by atomic mass is 10.0. The molecule has 4 heteroatoms. The van der Waals surface area contributed by atoms with Crippen molar-refractivity contribution in [2.45, 2.75) is 32.0 Å². The van der Waals surface area contributed by atoms with Crippen LogP contribution < -0.4 is 4.74 Å². The molecule has 0 amide bonds. The highest BCUT2D eigenvalue weighted by Gasteiger charge is 2.63. The molecule has 1 unspecified atom stereocenters. The Balaban J connectivity index is 1.86. The minimum atomic E-state index is -0.557. The van der Waals surface area contributed by atoms with Crippen molar-refractivity contribution in [1.82, 2.24) is 0 Å². The maximum absolute atomic E-state index is 11.7. The van der Waals surface area contributed by atoms with Gasteiger partial charge in [-0.25, -0.2) is 0 Å². The van der Waals surface area contributed by atoms with Crippen LogP contribution in [0.2, 0.25) is 0 Å². The van der Waals surface area contributed by atoms with Crippen LogP contribution in [0.15, 0.2) is 18.2 Å². The van der Waals surface area contributed by atoms with Crippen LogP contribution in [0.25, 0.3) is 0 Å². The van der Waals surface area contributed by atoms with Gasteiger partial charge in [0.05, 0.1) is 12.7 Å². The molecule has 3 rings (SSSR count). The fourth-order valence-corrected chi connectivity index (χ4v) is 2.76. The van der Waals surface area contributed by atoms with Crippen molar-refractivity contribution in [2.24, 2.45) is 5.92 Å². The molecule has 96 valence electrons. The molecule has 1 aromatic rings. The van der Waals surface area contributed by atoms with Crippen LogP contribution >= 0.6 is 0 Å². The van der Waals surface area contributed by atoms with Crippen molar-refractivity contribution >= 4 is 5.97 Å². The summed E-state index contributed by atoms with van der Waals surface area (Å²) in [5.74, 6) is 0.517. The van der Waals surface area contributed by atoms with E-state index in [0.717, 1.165) is 16.9 Å². The first-order valence-corrected chi connectivity index (χ1v) is 6.29. The molecule has 1 N–H and O–H groups in total. The number of aliphatic hydroxyl groups excluding tert-OH is 1. The van der Waals surface area contributed by atoms with Crippen LogP contribution in [0.4, 0.5) is 0 Å². The highest BCUT2D eigenvalue weighted by atomic mass is 16.5. The Bertz CT molecular complexity index is 495. The number of hydrogen-bond donors (Lipinski definition) is 1. The number of hydrogen-bond acceptors (Lipinski definition) is 4. The number of carbonyl (C=O) groups excluding carboxylic acids is 1. The number of aliphatic hydroxyl groups is 1. The van der Waals surface area contributed by atoms with E-state index in [9.17, 15) is 9.90 Å². The third-order valence-electron chi connectivity index (χ3n) is 3.65. The first kappa shape index (κ1) is 11.5. The van der Waals surface area contributed by atoms with Gasteiger partial charge in [0, 0.05) is 17.0 Å². The normalized spacial score (nSPS) is 28.9. The van der Waals surface area contributed by atoms with Crippen molar-refractivity contribution in [3.05, 3.63) is 29.3 Å². The Morgan fingerprint density at radius 1 is 1.56 bits per heavy atom. The lowest BCUT2D eigenvalue weighted by Gasteiger charge is -2.14. The van der Waals surface area contributed by atoms with Gasteiger partial charge in [-0.05, 0) is 13.8 Å². The molecule has 0 bridgehead atoms. The summed E-state index contributed by atoms with van der Waals surface area (Å²) < 4.78 is 10.8. The fourth-order valence-electron chi connectivity index (χ4n) is 2.76. The molecule has 1 aliphatic heterocycles. The van der Waals surface area contributed by atoms with Gasteiger partial charge in [-0.15, -0.1) is 0 Å². The van der Waals surface area contributed by atoms with E-state index in [1.165, 1.54) is 0 Å². The van der Waals surface area contributed by atoms with Crippen molar-refractivity contribution in [3.8, 4) is 5.75 Å². The zero-order chi connectivity index (χ0) is 12.9. The monoisotopic (exact) mass is 248 g/mol. The fraction of sp³-hybridized carbons (Fsp3) is 0.500. The van der Waals surface area contributed by atoms with Crippen LogP contribution in [-0.4, -0.2) is 23.8 Å². The van der Waals surface area contributed by atoms with Gasteiger partial charge in [0.15, 0.2) is 0 Å². The lowest BCUT2D eigenvalue weighted by Crippen LogP contribution is -2.14. The third-order valence-corrected chi connectivity index (χ3v) is 3.65. The van der Waals surface area contributed by atoms with E-state index in [-0.39, 0.29) is 23.9 Å². The maximum atomic E-state index is 11.7. The Labute approximate surface area is 106 Å². The van der Waals surface area contributed by atoms with E-state index in [0.29, 0.717) is 6.61 Å². The molecule has 0 saturated heterocycles. The highest BCUT2D eigenvalue weighted by Crippen LogP contribution is 2.59. The molecule has 1 aromatic carbocycles. The molecule has 1 fully saturated rings. The summed E-state index contributed by atoms with van der Waals surface area (Å²) in [6.45, 7) is 3.91. The van der Waals surface area contributed by atoms with Gasteiger partial charge in [-0.3, -0.25) is 4.79 Å². The number of fused-ring (bicyclic) bond motifs is 3. The smallest absolute Gasteiger partial charge is 0.313 e. The number of benzene rings is 1. The molecule has 18 heavy (non-hydrogen) atoms. The van der Waals surface area contributed by atoms with Crippen molar-refractivity contribution in [2.75, 3.05) is 6.61 Å². The topological polar surface area (TPSA) is 55.8 Å². The van der Waals surface area contributed by atoms with E-state index >= 15 is 0 Å². The average molecular weight is 248 g/mol. The Morgan fingerprint density at radius 2 is 2.33 bits per heavy atom. The van der Waals surface area contributed by atoms with E-state index in [2.05, 4.69) is 0 Å². The molecule has 4 atom stereocenters. The minimum Gasteiger partial charge on any atom is -0.488 e. The van der Waals surface area contributed by atoms with Crippen LogP contribution in [0.3, 0.4) is 0 Å². The van der Waals surface area contributed by atoms with Crippen LogP contribution in [-0.2, 0) is 9.53 Å². The third kappa shape index (κ3) is 1.52. The second kappa shape index (κ2) is 3.99. The van der Waals surface area contributed by atoms with E-state index < -0.39 is 6.10 Å². The minimum absolute atomic E-state index is 0.0982. The lowest BCUT2D eigenvalue weighted by molar-refractivity contribution is -0.145. The number of ether oxygens (including phenoxy) is 2. The molecule has 1 aliphatic carbocycles. The SMILES string of the molecule is CCOC(=O)[C@@H]1C2Oc3c(cccc3[C@@H](C)O)[C@H]21. The molecule has 0 spiro atoms. The predicted molar refractivity (Wildman–Crippen MR) is 64.4 cm³/mol. The summed E-state index contributed by atoms with van der Waals surface area (Å²) in [5, 5.41) is 9.68. The van der Waals surface area contributed by atoms with Crippen LogP contribution in [0.1, 0.15) is 37.0 Å². The summed E-state index contributed by atoms with van der Waals surface area (Å²) in [6, 6.07) is 5.71. The standard InChI is InChI=1S/C14H16O4/c1-3-17-14(16)11-10-9-6-4-5-8(7(2)15)12(9)18-13(10)11/h4-7,10-11,13,15H,3H2,1-2H3/t7-,10+,11+,13?/m1/s1. The van der Waals surface area contributed by atoms with E-state index in [1.807, 2.05) is 18.2 Å². The summed E-state index contributed by atoms with van der Waals surface area (Å²) in [4.78, 5) is 11.7. The van der Waals surface area contributed by atoms with Crippen molar-refractivity contribution < 1.29 is 19.4 Å². The Kier molecular flexibility index (Phi) is 2.55. The van der Waals surface area contributed by atoms with Crippen LogP contribution in [0.5, 0.6) is 5.75 Å². The van der Waals surface area contributed by atoms with Crippen molar-refractivity contribution in [3.63, 3.8) is 0 Å². The molecule has 1 saturated carbocycles. The van der Waals surface area contributed by atoms with Gasteiger partial charge >= 0.3 is 5.97 Å². The molecule has 2 aliphatic rings. The molecular weight excluding hydrogens is 232 g/mol. The predicted octanol–water partition coefficient (Wildman–Crippen LogP) is 1.78. The summed E-state index contributed by atoms with van der Waals surface area (Å²) in [5.41, 5.74) is 1.82. The average Bonchev–Trinajstić information content (AvgIpc) is 2.92. The van der Waals surface area contributed by atoms with Crippen molar-refractivity contribution in [1.29, 1.82) is 0 Å². The van der Waals surface area contributed by atoms with Gasteiger partial charge < -0.3 is 14.6 Å². The zero-order valence-corrected chi connectivity index (χ0v) is 10.4. The largest absolute Gasteiger partial charge is 0.488 e. The summed E-state index contributed by atoms with van der Waals surface area (Å²) in [7, 11) is 0. The quantitative estimate of drug-likeness (QED) is 0.828. The van der Waals surface area contributed by atoms with Gasteiger partial charge in [-0.2, -0.15) is 0 Å². The van der Waals surface area contributed by atoms with Gasteiger partial charge in [0.1, 0.15) is 17.8 Å². The number of para-hydroxylation sites is 1. The molecular formula is C14H16O4. The Hall–Kier alpha value is -1.55. The maximum Gasteiger partial charge on any atom is 0.313 e. The first-order chi connectivity index (χ1) is 8.65. The van der Waals surface area contributed by atoms with E-state index in [4.69, 9.17) is 9.47 Å². The van der Waals surface area contributed by atoms with Gasteiger partial charge in [-0.1, -0.05) is 18.2 Å². The summed E-state index contributed by atoms with van der Waals surface area (Å²) >= 11 is 0. The number of esters is 1. The van der Waals surface area contributed by atoms with Gasteiger partial charge in [0.25, 0.3) is 0 Å². The van der Waals surface area contributed by atoms with Gasteiger partial charge in [0.2, 0.25) is 0 Å². The zero-order valence-electron chi connectivity index (χ0n) is 10.4. The molecule has 0 aromatic heterocycles. The van der Waals surface area contributed by atoms with E-state index in [1.54, 1.807) is 13.8 Å². The van der Waals surface area contributed by atoms with Crippen LogP contribution in [0, 0.1) is 5.92 Å². The number of rotatable bonds is 3. The molecule has 1 heterocycles. The second-order valence-corrected chi connectivity index (χ2v) is 4.83. The number of carbonyl (C=O) groups is 1. The molecule has 4 nitrogen and oxygen atoms in total. The summed E-state index contributed by atoms with van der Waals surface area (Å²) in [6.07, 6.45) is -0.655. The second-order valence-electron chi connectivity index (χ2n) is 4.83. The molecule has 0 radical (unpaired) electrons. The first-order valence-electron chi connectivity index (χ1n) is 6.29.